The summed E-state index contributed by atoms with van der Waals surface area (Å²) in [5, 5.41) is 0. The van der Waals surface area contributed by atoms with Crippen LogP contribution in [0.1, 0.15) is 58.8 Å². The van der Waals surface area contributed by atoms with E-state index in [1.54, 1.807) is 6.92 Å². The molecule has 3 fully saturated rings. The van der Waals surface area contributed by atoms with Crippen molar-refractivity contribution in [2.24, 2.45) is 5.92 Å². The summed E-state index contributed by atoms with van der Waals surface area (Å²) in [4.78, 5) is 42.2. The van der Waals surface area contributed by atoms with Gasteiger partial charge in [0, 0.05) is 45.1 Å². The molecule has 152 valence electrons. The van der Waals surface area contributed by atoms with Gasteiger partial charge in [-0.3, -0.25) is 14.5 Å². The van der Waals surface area contributed by atoms with Gasteiger partial charge in [-0.2, -0.15) is 0 Å². The average molecular weight is 380 g/mol. The molecule has 3 heterocycles. The van der Waals surface area contributed by atoms with Gasteiger partial charge in [-0.25, -0.2) is 4.79 Å². The van der Waals surface area contributed by atoms with Crippen LogP contribution < -0.4 is 0 Å². The van der Waals surface area contributed by atoms with Crippen LogP contribution in [0.4, 0.5) is 4.79 Å². The molecule has 0 aromatic heterocycles. The predicted molar refractivity (Wildman–Crippen MR) is 101 cm³/mol. The Bertz CT molecular complexity index is 551. The molecule has 0 aliphatic carbocycles. The maximum atomic E-state index is 12.8. The molecular formula is C20H33N3O4. The normalized spacial score (nSPS) is 25.0. The van der Waals surface area contributed by atoms with Crippen molar-refractivity contribution in [3.05, 3.63) is 0 Å². The smallest absolute Gasteiger partial charge is 0.410 e. The number of cyclic esters (lactones) is 1. The molecule has 3 amide bonds. The largest absolute Gasteiger partial charge is 0.447 e. The molecule has 0 radical (unpaired) electrons. The van der Waals surface area contributed by atoms with Crippen molar-refractivity contribution in [2.45, 2.75) is 70.9 Å². The van der Waals surface area contributed by atoms with E-state index in [9.17, 15) is 14.4 Å². The van der Waals surface area contributed by atoms with Crippen molar-refractivity contribution < 1.29 is 19.1 Å². The van der Waals surface area contributed by atoms with Crippen LogP contribution >= 0.6 is 0 Å². The first kappa shape index (κ1) is 20.0. The molecule has 0 saturated carbocycles. The Morgan fingerprint density at radius 3 is 2.26 bits per heavy atom. The number of hydrogen-bond donors (Lipinski definition) is 0. The van der Waals surface area contributed by atoms with E-state index in [1.165, 1.54) is 0 Å². The molecule has 27 heavy (non-hydrogen) atoms. The summed E-state index contributed by atoms with van der Waals surface area (Å²) in [7, 11) is 0. The summed E-state index contributed by atoms with van der Waals surface area (Å²) in [5.41, 5.74) is 0. The van der Waals surface area contributed by atoms with E-state index in [1.807, 2.05) is 14.7 Å². The molecule has 1 unspecified atom stereocenters. The van der Waals surface area contributed by atoms with Crippen LogP contribution in [0.2, 0.25) is 0 Å². The number of piperidine rings is 2. The lowest BCUT2D eigenvalue weighted by Gasteiger charge is -2.40. The Kier molecular flexibility index (Phi) is 6.60. The van der Waals surface area contributed by atoms with Gasteiger partial charge in [0.25, 0.3) is 0 Å². The van der Waals surface area contributed by atoms with Crippen LogP contribution in [0, 0.1) is 5.92 Å². The highest BCUT2D eigenvalue weighted by molar-refractivity contribution is 5.80. The van der Waals surface area contributed by atoms with E-state index in [0.717, 1.165) is 44.9 Å². The molecule has 0 aromatic carbocycles. The first-order chi connectivity index (χ1) is 13.0. The van der Waals surface area contributed by atoms with E-state index >= 15 is 0 Å². The standard InChI is InChI=1S/C20H33N3O4/c1-3-4-5-18-14-27-20(26)23(18)17-8-12-22(13-9-17)19(25)16-6-10-21(11-7-16)15(2)24/h16-18H,3-14H2,1-2H3. The van der Waals surface area contributed by atoms with E-state index < -0.39 is 0 Å². The fraction of sp³-hybridized carbons (Fsp3) is 0.850. The highest BCUT2D eigenvalue weighted by Gasteiger charge is 2.40. The van der Waals surface area contributed by atoms with Crippen LogP contribution in [-0.4, -0.2) is 77.5 Å². The maximum absolute atomic E-state index is 12.8. The molecule has 7 heteroatoms. The van der Waals surface area contributed by atoms with Crippen molar-refractivity contribution in [1.82, 2.24) is 14.7 Å². The quantitative estimate of drug-likeness (QED) is 0.735. The lowest BCUT2D eigenvalue weighted by atomic mass is 9.93. The number of carbonyl (C=O) groups is 3. The van der Waals surface area contributed by atoms with Gasteiger partial charge >= 0.3 is 6.09 Å². The van der Waals surface area contributed by atoms with Crippen LogP contribution in [0.15, 0.2) is 0 Å². The minimum atomic E-state index is -0.183. The SMILES string of the molecule is CCCCC1COC(=O)N1C1CCN(C(=O)C2CCN(C(C)=O)CC2)CC1. The van der Waals surface area contributed by atoms with E-state index in [-0.39, 0.29) is 35.9 Å². The predicted octanol–water partition coefficient (Wildman–Crippen LogP) is 2.25. The number of rotatable bonds is 5. The summed E-state index contributed by atoms with van der Waals surface area (Å²) in [6, 6.07) is 0.381. The third-order valence-corrected chi connectivity index (χ3v) is 6.35. The maximum Gasteiger partial charge on any atom is 0.410 e. The van der Waals surface area contributed by atoms with Crippen molar-refractivity contribution in [3.63, 3.8) is 0 Å². The number of unbranched alkanes of at least 4 members (excludes halogenated alkanes) is 1. The number of hydrogen-bond acceptors (Lipinski definition) is 4. The Balaban J connectivity index is 1.49. The Morgan fingerprint density at radius 1 is 1.04 bits per heavy atom. The van der Waals surface area contributed by atoms with Gasteiger partial charge in [0.15, 0.2) is 0 Å². The molecule has 0 spiro atoms. The third kappa shape index (κ3) is 4.55. The topological polar surface area (TPSA) is 70.2 Å². The van der Waals surface area contributed by atoms with Gasteiger partial charge in [-0.1, -0.05) is 19.8 Å². The van der Waals surface area contributed by atoms with Crippen molar-refractivity contribution in [2.75, 3.05) is 32.8 Å². The van der Waals surface area contributed by atoms with Gasteiger partial charge in [-0.15, -0.1) is 0 Å². The molecule has 3 rings (SSSR count). The molecule has 1 atom stereocenters. The van der Waals surface area contributed by atoms with Crippen molar-refractivity contribution in [1.29, 1.82) is 0 Å². The molecule has 0 N–H and O–H groups in total. The van der Waals surface area contributed by atoms with Crippen molar-refractivity contribution >= 4 is 17.9 Å². The second-order valence-electron chi connectivity index (χ2n) is 8.12. The Labute approximate surface area is 162 Å². The molecule has 7 nitrogen and oxygen atoms in total. The first-order valence-corrected chi connectivity index (χ1v) is 10.5. The fourth-order valence-electron chi connectivity index (χ4n) is 4.64. The highest BCUT2D eigenvalue weighted by atomic mass is 16.6. The zero-order chi connectivity index (χ0) is 19.4. The van der Waals surface area contributed by atoms with Gasteiger partial charge in [0.1, 0.15) is 6.61 Å². The van der Waals surface area contributed by atoms with Gasteiger partial charge < -0.3 is 14.5 Å². The van der Waals surface area contributed by atoms with Gasteiger partial charge in [-0.05, 0) is 32.1 Å². The van der Waals surface area contributed by atoms with E-state index in [2.05, 4.69) is 6.92 Å². The summed E-state index contributed by atoms with van der Waals surface area (Å²) in [6.45, 7) is 7.03. The zero-order valence-electron chi connectivity index (χ0n) is 16.7. The second-order valence-corrected chi connectivity index (χ2v) is 8.12. The highest BCUT2D eigenvalue weighted by Crippen LogP contribution is 2.28. The minimum absolute atomic E-state index is 0.0335. The van der Waals surface area contributed by atoms with Crippen LogP contribution in [-0.2, 0) is 14.3 Å². The Hall–Kier alpha value is -1.79. The average Bonchev–Trinajstić information content (AvgIpc) is 3.06. The van der Waals surface area contributed by atoms with Gasteiger partial charge in [0.2, 0.25) is 11.8 Å². The van der Waals surface area contributed by atoms with Gasteiger partial charge in [0.05, 0.1) is 6.04 Å². The molecule has 3 saturated heterocycles. The molecule has 3 aliphatic rings. The van der Waals surface area contributed by atoms with Crippen LogP contribution in [0.5, 0.6) is 0 Å². The zero-order valence-corrected chi connectivity index (χ0v) is 16.7. The summed E-state index contributed by atoms with van der Waals surface area (Å²) in [6.07, 6.45) is 6.22. The third-order valence-electron chi connectivity index (χ3n) is 6.35. The second kappa shape index (κ2) is 8.93. The van der Waals surface area contributed by atoms with Crippen LogP contribution in [0.25, 0.3) is 0 Å². The Morgan fingerprint density at radius 2 is 1.67 bits per heavy atom. The minimum Gasteiger partial charge on any atom is -0.447 e. The number of amides is 3. The fourth-order valence-corrected chi connectivity index (χ4v) is 4.64. The molecule has 0 bridgehead atoms. The lowest BCUT2D eigenvalue weighted by Crippen LogP contribution is -2.51. The molecule has 3 aliphatic heterocycles. The number of carbonyl (C=O) groups excluding carboxylic acids is 3. The van der Waals surface area contributed by atoms with E-state index in [0.29, 0.717) is 32.8 Å². The van der Waals surface area contributed by atoms with Crippen LogP contribution in [0.3, 0.4) is 0 Å². The van der Waals surface area contributed by atoms with E-state index in [4.69, 9.17) is 4.74 Å². The number of likely N-dealkylation sites (tertiary alicyclic amines) is 2. The van der Waals surface area contributed by atoms with Crippen molar-refractivity contribution in [3.8, 4) is 0 Å². The number of nitrogens with zero attached hydrogens (tertiary/aromatic N) is 3. The molecule has 0 aromatic rings. The summed E-state index contributed by atoms with van der Waals surface area (Å²) < 4.78 is 5.30. The lowest BCUT2D eigenvalue weighted by molar-refractivity contribution is -0.141. The summed E-state index contributed by atoms with van der Waals surface area (Å²) >= 11 is 0. The number of ether oxygens (including phenoxy) is 1. The first-order valence-electron chi connectivity index (χ1n) is 10.5. The monoisotopic (exact) mass is 379 g/mol. The summed E-state index contributed by atoms with van der Waals surface area (Å²) in [5.74, 6) is 0.353. The molecular weight excluding hydrogens is 346 g/mol.